The standard InChI is InChI=1S/C16H23Cl2N3.ClH/c17-14-2-1-3-15(16(14)18)21-8-6-20(7-9-21)5-4-12-10-13(19)11-12;/h1-3,12-13H,4-11,19H2;1H. The molecule has 3 nitrogen and oxygen atoms in total. The summed E-state index contributed by atoms with van der Waals surface area (Å²) in [5.41, 5.74) is 6.91. The van der Waals surface area contributed by atoms with E-state index in [2.05, 4.69) is 15.9 Å². The first-order valence-corrected chi connectivity index (χ1v) is 8.56. The van der Waals surface area contributed by atoms with Crippen LogP contribution in [0.4, 0.5) is 5.69 Å². The summed E-state index contributed by atoms with van der Waals surface area (Å²) in [7, 11) is 0. The molecule has 1 aliphatic carbocycles. The largest absolute Gasteiger partial charge is 0.368 e. The fourth-order valence-electron chi connectivity index (χ4n) is 3.34. The molecule has 0 aromatic heterocycles. The molecule has 0 bridgehead atoms. The molecule has 2 aliphatic rings. The van der Waals surface area contributed by atoms with E-state index < -0.39 is 0 Å². The van der Waals surface area contributed by atoms with Gasteiger partial charge in [0.15, 0.2) is 0 Å². The van der Waals surface area contributed by atoms with Crippen LogP contribution in [0, 0.1) is 5.92 Å². The monoisotopic (exact) mass is 363 g/mol. The van der Waals surface area contributed by atoms with Crippen molar-refractivity contribution in [3.8, 4) is 0 Å². The third kappa shape index (κ3) is 4.21. The Balaban J connectivity index is 0.00000176. The van der Waals surface area contributed by atoms with Crippen LogP contribution in [-0.2, 0) is 0 Å². The Labute approximate surface area is 149 Å². The van der Waals surface area contributed by atoms with E-state index >= 15 is 0 Å². The molecule has 1 aromatic rings. The minimum absolute atomic E-state index is 0. The minimum atomic E-state index is 0. The second-order valence-electron chi connectivity index (χ2n) is 6.29. The van der Waals surface area contributed by atoms with Crippen LogP contribution in [0.25, 0.3) is 0 Å². The lowest BCUT2D eigenvalue weighted by molar-refractivity contribution is 0.189. The number of hydrogen-bond donors (Lipinski definition) is 1. The molecule has 3 rings (SSSR count). The zero-order valence-corrected chi connectivity index (χ0v) is 15.0. The summed E-state index contributed by atoms with van der Waals surface area (Å²) in [5.74, 6) is 0.861. The SMILES string of the molecule is Cl.NC1CC(CCN2CCN(c3cccc(Cl)c3Cl)CC2)C1. The van der Waals surface area contributed by atoms with Gasteiger partial charge in [-0.15, -0.1) is 12.4 Å². The van der Waals surface area contributed by atoms with Crippen molar-refractivity contribution in [3.63, 3.8) is 0 Å². The van der Waals surface area contributed by atoms with Gasteiger partial charge in [0.2, 0.25) is 0 Å². The fourth-order valence-corrected chi connectivity index (χ4v) is 3.75. The van der Waals surface area contributed by atoms with E-state index in [9.17, 15) is 0 Å². The van der Waals surface area contributed by atoms with Gasteiger partial charge in [0, 0.05) is 32.2 Å². The van der Waals surface area contributed by atoms with E-state index in [-0.39, 0.29) is 12.4 Å². The number of benzene rings is 1. The number of nitrogens with two attached hydrogens (primary N) is 1. The quantitative estimate of drug-likeness (QED) is 0.885. The molecular formula is C16H24Cl3N3. The van der Waals surface area contributed by atoms with Crippen LogP contribution in [-0.4, -0.2) is 43.7 Å². The van der Waals surface area contributed by atoms with Crippen LogP contribution < -0.4 is 10.6 Å². The van der Waals surface area contributed by atoms with Gasteiger partial charge in [-0.3, -0.25) is 4.90 Å². The average molecular weight is 365 g/mol. The number of nitrogens with zero attached hydrogens (tertiary/aromatic N) is 2. The number of hydrogen-bond acceptors (Lipinski definition) is 3. The summed E-state index contributed by atoms with van der Waals surface area (Å²) in [6.45, 7) is 5.44. The molecular weight excluding hydrogens is 341 g/mol. The molecule has 1 aliphatic heterocycles. The highest BCUT2D eigenvalue weighted by molar-refractivity contribution is 6.43. The first-order valence-electron chi connectivity index (χ1n) is 7.80. The Kier molecular flexibility index (Phi) is 6.66. The summed E-state index contributed by atoms with van der Waals surface area (Å²) in [6, 6.07) is 6.33. The molecule has 22 heavy (non-hydrogen) atoms. The maximum absolute atomic E-state index is 6.31. The topological polar surface area (TPSA) is 32.5 Å². The van der Waals surface area contributed by atoms with E-state index in [0.29, 0.717) is 16.1 Å². The van der Waals surface area contributed by atoms with E-state index in [4.69, 9.17) is 28.9 Å². The Morgan fingerprint density at radius 2 is 1.77 bits per heavy atom. The summed E-state index contributed by atoms with van der Waals surface area (Å²) >= 11 is 12.4. The molecule has 0 atom stereocenters. The van der Waals surface area contributed by atoms with Crippen LogP contribution in [0.3, 0.4) is 0 Å². The normalized spacial score (nSPS) is 25.5. The van der Waals surface area contributed by atoms with E-state index in [0.717, 1.165) is 37.8 Å². The molecule has 0 radical (unpaired) electrons. The second-order valence-corrected chi connectivity index (χ2v) is 7.07. The Bertz CT molecular complexity index is 484. The molecule has 2 N–H and O–H groups in total. The lowest BCUT2D eigenvalue weighted by Crippen LogP contribution is -2.47. The third-order valence-corrected chi connectivity index (χ3v) is 5.58. The second kappa shape index (κ2) is 8.07. The molecule has 0 spiro atoms. The van der Waals surface area contributed by atoms with Crippen molar-refractivity contribution in [1.29, 1.82) is 0 Å². The number of piperazine rings is 1. The third-order valence-electron chi connectivity index (χ3n) is 4.77. The van der Waals surface area contributed by atoms with Gasteiger partial charge in [-0.05, 0) is 43.9 Å². The van der Waals surface area contributed by atoms with Gasteiger partial charge in [0.25, 0.3) is 0 Å². The van der Waals surface area contributed by atoms with Gasteiger partial charge in [-0.25, -0.2) is 0 Å². The van der Waals surface area contributed by atoms with Crippen molar-refractivity contribution in [1.82, 2.24) is 4.90 Å². The van der Waals surface area contributed by atoms with Crippen LogP contribution in [0.2, 0.25) is 10.0 Å². The van der Waals surface area contributed by atoms with Crippen molar-refractivity contribution in [2.75, 3.05) is 37.6 Å². The van der Waals surface area contributed by atoms with Gasteiger partial charge in [-0.1, -0.05) is 29.3 Å². The van der Waals surface area contributed by atoms with Gasteiger partial charge in [-0.2, -0.15) is 0 Å². The van der Waals surface area contributed by atoms with Crippen LogP contribution in [0.15, 0.2) is 18.2 Å². The van der Waals surface area contributed by atoms with E-state index in [1.807, 2.05) is 12.1 Å². The molecule has 1 heterocycles. The first kappa shape index (κ1) is 18.2. The van der Waals surface area contributed by atoms with E-state index in [1.54, 1.807) is 0 Å². The Hall–Kier alpha value is -0.190. The maximum Gasteiger partial charge on any atom is 0.0825 e. The highest BCUT2D eigenvalue weighted by Crippen LogP contribution is 2.33. The predicted molar refractivity (Wildman–Crippen MR) is 97.7 cm³/mol. The van der Waals surface area contributed by atoms with Crippen LogP contribution >= 0.6 is 35.6 Å². The maximum atomic E-state index is 6.31. The zero-order chi connectivity index (χ0) is 14.8. The van der Waals surface area contributed by atoms with Crippen molar-refractivity contribution >= 4 is 41.3 Å². The molecule has 6 heteroatoms. The van der Waals surface area contributed by atoms with Crippen LogP contribution in [0.5, 0.6) is 0 Å². The zero-order valence-electron chi connectivity index (χ0n) is 12.7. The molecule has 2 fully saturated rings. The summed E-state index contributed by atoms with van der Waals surface area (Å²) in [5, 5.41) is 1.31. The number of halogens is 3. The van der Waals surface area contributed by atoms with Crippen molar-refractivity contribution in [2.45, 2.75) is 25.3 Å². The molecule has 124 valence electrons. The van der Waals surface area contributed by atoms with Gasteiger partial charge < -0.3 is 10.6 Å². The van der Waals surface area contributed by atoms with Gasteiger partial charge in [0.05, 0.1) is 15.7 Å². The number of anilines is 1. The minimum Gasteiger partial charge on any atom is -0.368 e. The lowest BCUT2D eigenvalue weighted by atomic mass is 9.79. The average Bonchev–Trinajstić information content (AvgIpc) is 2.46. The first-order chi connectivity index (χ1) is 10.1. The smallest absolute Gasteiger partial charge is 0.0825 e. The van der Waals surface area contributed by atoms with Crippen molar-refractivity contribution in [2.24, 2.45) is 11.7 Å². The predicted octanol–water partition coefficient (Wildman–Crippen LogP) is 3.66. The molecule has 1 saturated heterocycles. The Morgan fingerprint density at radius 3 is 2.41 bits per heavy atom. The lowest BCUT2D eigenvalue weighted by Gasteiger charge is -2.38. The summed E-state index contributed by atoms with van der Waals surface area (Å²) < 4.78 is 0. The fraction of sp³-hybridized carbons (Fsp3) is 0.625. The van der Waals surface area contributed by atoms with Crippen LogP contribution in [0.1, 0.15) is 19.3 Å². The van der Waals surface area contributed by atoms with Crippen molar-refractivity contribution < 1.29 is 0 Å². The van der Waals surface area contributed by atoms with Gasteiger partial charge in [0.1, 0.15) is 0 Å². The molecule has 0 unspecified atom stereocenters. The summed E-state index contributed by atoms with van der Waals surface area (Å²) in [4.78, 5) is 4.89. The highest BCUT2D eigenvalue weighted by atomic mass is 35.5. The molecule has 0 amide bonds. The summed E-state index contributed by atoms with van der Waals surface area (Å²) in [6.07, 6.45) is 3.74. The van der Waals surface area contributed by atoms with Crippen molar-refractivity contribution in [3.05, 3.63) is 28.2 Å². The molecule has 1 aromatic carbocycles. The highest BCUT2D eigenvalue weighted by Gasteiger charge is 2.26. The van der Waals surface area contributed by atoms with E-state index in [1.165, 1.54) is 25.8 Å². The number of rotatable bonds is 4. The molecule has 1 saturated carbocycles. The van der Waals surface area contributed by atoms with Gasteiger partial charge >= 0.3 is 0 Å². The Morgan fingerprint density at radius 1 is 1.09 bits per heavy atom.